The second-order valence-electron chi connectivity index (χ2n) is 4.39. The van der Waals surface area contributed by atoms with Gasteiger partial charge in [0.2, 0.25) is 0 Å². The summed E-state index contributed by atoms with van der Waals surface area (Å²) < 4.78 is 32.5. The summed E-state index contributed by atoms with van der Waals surface area (Å²) in [5.74, 6) is -1.11. The van der Waals surface area contributed by atoms with Crippen molar-refractivity contribution in [2.45, 2.75) is 26.0 Å². The number of ether oxygens (including phenoxy) is 1. The zero-order chi connectivity index (χ0) is 13.1. The monoisotopic (exact) mass is 307 g/mol. The average Bonchev–Trinajstić information content (AvgIpc) is 2.28. The Morgan fingerprint density at radius 3 is 2.59 bits per heavy atom. The molecular weight excluding hydrogens is 292 g/mol. The fourth-order valence-electron chi connectivity index (χ4n) is 1.29. The molecule has 0 aliphatic rings. The standard InChI is InChI=1S/C12H16BrF2NO/c1-12(2,17-3)7-16-6-8-10(14)5-4-9(13)11(8)15/h4-5,16H,6-7H2,1-3H3. The van der Waals surface area contributed by atoms with Gasteiger partial charge in [-0.15, -0.1) is 0 Å². The lowest BCUT2D eigenvalue weighted by Gasteiger charge is -2.23. The van der Waals surface area contributed by atoms with Gasteiger partial charge in [-0.3, -0.25) is 0 Å². The van der Waals surface area contributed by atoms with Gasteiger partial charge in [-0.25, -0.2) is 8.78 Å². The molecule has 0 saturated carbocycles. The predicted molar refractivity (Wildman–Crippen MR) is 66.9 cm³/mol. The summed E-state index contributed by atoms with van der Waals surface area (Å²) in [6.07, 6.45) is 0. The quantitative estimate of drug-likeness (QED) is 0.843. The summed E-state index contributed by atoms with van der Waals surface area (Å²) in [7, 11) is 1.60. The third-order valence-corrected chi connectivity index (χ3v) is 3.16. The summed E-state index contributed by atoms with van der Waals surface area (Å²) in [6, 6.07) is 2.60. The van der Waals surface area contributed by atoms with Crippen molar-refractivity contribution in [2.75, 3.05) is 13.7 Å². The zero-order valence-electron chi connectivity index (χ0n) is 10.1. The first-order chi connectivity index (χ1) is 7.87. The normalized spacial score (nSPS) is 11.9. The van der Waals surface area contributed by atoms with Crippen LogP contribution in [0.1, 0.15) is 19.4 Å². The number of rotatable bonds is 5. The zero-order valence-corrected chi connectivity index (χ0v) is 11.7. The van der Waals surface area contributed by atoms with Crippen molar-refractivity contribution in [3.63, 3.8) is 0 Å². The van der Waals surface area contributed by atoms with Crippen LogP contribution < -0.4 is 5.32 Å². The Kier molecular flexibility index (Phi) is 5.04. The van der Waals surface area contributed by atoms with Crippen LogP contribution in [0.15, 0.2) is 16.6 Å². The number of hydrogen-bond acceptors (Lipinski definition) is 2. The second-order valence-corrected chi connectivity index (χ2v) is 5.24. The van der Waals surface area contributed by atoms with E-state index in [9.17, 15) is 8.78 Å². The largest absolute Gasteiger partial charge is 0.377 e. The van der Waals surface area contributed by atoms with Crippen LogP contribution in [0.3, 0.4) is 0 Å². The molecule has 0 spiro atoms. The fraction of sp³-hybridized carbons (Fsp3) is 0.500. The third kappa shape index (κ3) is 4.01. The molecule has 0 unspecified atom stereocenters. The van der Waals surface area contributed by atoms with Gasteiger partial charge in [0.15, 0.2) is 0 Å². The maximum absolute atomic E-state index is 13.6. The van der Waals surface area contributed by atoms with Crippen molar-refractivity contribution in [2.24, 2.45) is 0 Å². The number of halogens is 3. The highest BCUT2D eigenvalue weighted by molar-refractivity contribution is 9.10. The molecule has 1 aromatic carbocycles. The van der Waals surface area contributed by atoms with Crippen molar-refractivity contribution < 1.29 is 13.5 Å². The molecular formula is C12H16BrF2NO. The molecule has 5 heteroatoms. The minimum atomic E-state index is -0.562. The van der Waals surface area contributed by atoms with Crippen LogP contribution in [0.4, 0.5) is 8.78 Å². The minimum absolute atomic E-state index is 0.0336. The molecule has 0 heterocycles. The van der Waals surface area contributed by atoms with Crippen molar-refractivity contribution in [3.8, 4) is 0 Å². The third-order valence-electron chi connectivity index (χ3n) is 2.54. The lowest BCUT2D eigenvalue weighted by atomic mass is 10.1. The lowest BCUT2D eigenvalue weighted by Crippen LogP contribution is -2.36. The molecule has 17 heavy (non-hydrogen) atoms. The summed E-state index contributed by atoms with van der Waals surface area (Å²) in [5, 5.41) is 2.98. The Balaban J connectivity index is 2.67. The van der Waals surface area contributed by atoms with E-state index >= 15 is 0 Å². The van der Waals surface area contributed by atoms with Crippen LogP contribution in [0, 0.1) is 11.6 Å². The van der Waals surface area contributed by atoms with E-state index in [2.05, 4.69) is 21.2 Å². The highest BCUT2D eigenvalue weighted by Gasteiger charge is 2.17. The lowest BCUT2D eigenvalue weighted by molar-refractivity contribution is 0.0229. The molecule has 1 N–H and O–H groups in total. The van der Waals surface area contributed by atoms with Gasteiger partial charge in [0, 0.05) is 25.8 Å². The van der Waals surface area contributed by atoms with Crippen LogP contribution in [-0.2, 0) is 11.3 Å². The number of methoxy groups -OCH3 is 1. The van der Waals surface area contributed by atoms with E-state index in [1.54, 1.807) is 7.11 Å². The van der Waals surface area contributed by atoms with Gasteiger partial charge in [0.1, 0.15) is 11.6 Å². The van der Waals surface area contributed by atoms with Gasteiger partial charge in [0.05, 0.1) is 10.1 Å². The Morgan fingerprint density at radius 2 is 2.00 bits per heavy atom. The minimum Gasteiger partial charge on any atom is -0.377 e. The van der Waals surface area contributed by atoms with E-state index in [0.29, 0.717) is 6.54 Å². The van der Waals surface area contributed by atoms with Gasteiger partial charge in [-0.1, -0.05) is 0 Å². The molecule has 0 amide bonds. The molecule has 1 aromatic rings. The predicted octanol–water partition coefficient (Wildman–Crippen LogP) is 3.24. The Labute approximate surface area is 108 Å². The smallest absolute Gasteiger partial charge is 0.144 e. The molecule has 0 atom stereocenters. The van der Waals surface area contributed by atoms with Crippen molar-refractivity contribution in [3.05, 3.63) is 33.8 Å². The van der Waals surface area contributed by atoms with Gasteiger partial charge >= 0.3 is 0 Å². The van der Waals surface area contributed by atoms with Crippen LogP contribution in [-0.4, -0.2) is 19.3 Å². The maximum Gasteiger partial charge on any atom is 0.144 e. The first kappa shape index (κ1) is 14.5. The number of benzene rings is 1. The van der Waals surface area contributed by atoms with Crippen molar-refractivity contribution in [1.29, 1.82) is 0 Å². The average molecular weight is 308 g/mol. The SMILES string of the molecule is COC(C)(C)CNCc1c(F)ccc(Br)c1F. The van der Waals surface area contributed by atoms with E-state index < -0.39 is 11.6 Å². The molecule has 0 aromatic heterocycles. The van der Waals surface area contributed by atoms with Gasteiger partial charge < -0.3 is 10.1 Å². The molecule has 0 aliphatic heterocycles. The first-order valence-electron chi connectivity index (χ1n) is 5.25. The number of hydrogen-bond donors (Lipinski definition) is 1. The Morgan fingerprint density at radius 1 is 1.35 bits per heavy atom. The van der Waals surface area contributed by atoms with Gasteiger partial charge in [-0.2, -0.15) is 0 Å². The second kappa shape index (κ2) is 5.89. The van der Waals surface area contributed by atoms with Gasteiger partial charge in [-0.05, 0) is 41.9 Å². The van der Waals surface area contributed by atoms with Crippen molar-refractivity contribution >= 4 is 15.9 Å². The summed E-state index contributed by atoms with van der Waals surface area (Å²) in [4.78, 5) is 0. The molecule has 96 valence electrons. The molecule has 0 saturated heterocycles. The summed E-state index contributed by atoms with van der Waals surface area (Å²) >= 11 is 3.03. The molecule has 1 rings (SSSR count). The van der Waals surface area contributed by atoms with Crippen LogP contribution in [0.25, 0.3) is 0 Å². The molecule has 2 nitrogen and oxygen atoms in total. The first-order valence-corrected chi connectivity index (χ1v) is 6.05. The Bertz CT molecular complexity index is 396. The fourth-order valence-corrected chi connectivity index (χ4v) is 1.66. The topological polar surface area (TPSA) is 21.3 Å². The summed E-state index contributed by atoms with van der Waals surface area (Å²) in [6.45, 7) is 4.43. The highest BCUT2D eigenvalue weighted by Crippen LogP contribution is 2.21. The molecule has 0 aliphatic carbocycles. The Hall–Kier alpha value is -0.520. The molecule has 0 fully saturated rings. The maximum atomic E-state index is 13.6. The number of nitrogens with one attached hydrogen (secondary N) is 1. The van der Waals surface area contributed by atoms with Crippen molar-refractivity contribution in [1.82, 2.24) is 5.32 Å². The van der Waals surface area contributed by atoms with Gasteiger partial charge in [0.25, 0.3) is 0 Å². The van der Waals surface area contributed by atoms with Crippen LogP contribution in [0.5, 0.6) is 0 Å². The van der Waals surface area contributed by atoms with E-state index in [0.717, 1.165) is 0 Å². The summed E-state index contributed by atoms with van der Waals surface area (Å²) in [5.41, 5.74) is -0.329. The van der Waals surface area contributed by atoms with E-state index in [-0.39, 0.29) is 22.2 Å². The van der Waals surface area contributed by atoms with Crippen LogP contribution >= 0.6 is 15.9 Å². The van der Waals surface area contributed by atoms with E-state index in [1.165, 1.54) is 12.1 Å². The molecule has 0 radical (unpaired) electrons. The van der Waals surface area contributed by atoms with E-state index in [4.69, 9.17) is 4.74 Å². The van der Waals surface area contributed by atoms with Crippen LogP contribution in [0.2, 0.25) is 0 Å². The van der Waals surface area contributed by atoms with E-state index in [1.807, 2.05) is 13.8 Å². The molecule has 0 bridgehead atoms. The highest BCUT2D eigenvalue weighted by atomic mass is 79.9.